The van der Waals surface area contributed by atoms with Crippen LogP contribution in [0.15, 0.2) is 0 Å². The lowest BCUT2D eigenvalue weighted by Gasteiger charge is -2.22. The molecule has 0 saturated heterocycles. The molecule has 0 aliphatic carbocycles. The molecule has 4 N–H and O–H groups in total. The summed E-state index contributed by atoms with van der Waals surface area (Å²) in [6.45, 7) is 4.60. The van der Waals surface area contributed by atoms with Gasteiger partial charge in [0.2, 0.25) is 5.91 Å². The third-order valence-corrected chi connectivity index (χ3v) is 3.68. The van der Waals surface area contributed by atoms with Gasteiger partial charge in [0, 0.05) is 13.0 Å². The molecule has 120 valence electrons. The van der Waals surface area contributed by atoms with Crippen LogP contribution in [0.2, 0.25) is 0 Å². The first-order valence-electron chi connectivity index (χ1n) is 8.33. The molecule has 0 aliphatic heterocycles. The smallest absolute Gasteiger partial charge is 0.220 e. The molecule has 0 aromatic rings. The maximum absolute atomic E-state index is 11.7. The van der Waals surface area contributed by atoms with Gasteiger partial charge in [-0.25, -0.2) is 0 Å². The lowest BCUT2D eigenvalue weighted by molar-refractivity contribution is -0.122. The van der Waals surface area contributed by atoms with Crippen molar-refractivity contribution in [2.24, 2.45) is 5.73 Å². The van der Waals surface area contributed by atoms with Crippen LogP contribution in [-0.2, 0) is 4.79 Å². The van der Waals surface area contributed by atoms with Crippen LogP contribution in [0, 0.1) is 0 Å². The highest BCUT2D eigenvalue weighted by Gasteiger charge is 2.19. The number of aliphatic hydroxyl groups excluding tert-OH is 1. The quantitative estimate of drug-likeness (QED) is 0.456. The number of carbonyl (C=O) groups excluding carboxylic acids is 1. The number of nitrogens with one attached hydrogen (secondary N) is 1. The molecule has 0 aromatic heterocycles. The van der Waals surface area contributed by atoms with E-state index < -0.39 is 6.10 Å². The molecule has 0 rings (SSSR count). The van der Waals surface area contributed by atoms with Gasteiger partial charge in [0.15, 0.2) is 0 Å². The predicted molar refractivity (Wildman–Crippen MR) is 84.5 cm³/mol. The molecule has 0 spiro atoms. The van der Waals surface area contributed by atoms with E-state index in [0.717, 1.165) is 38.5 Å². The van der Waals surface area contributed by atoms with Gasteiger partial charge in [0.05, 0.1) is 12.1 Å². The van der Waals surface area contributed by atoms with Crippen LogP contribution in [0.25, 0.3) is 0 Å². The average molecular weight is 286 g/mol. The molecular weight excluding hydrogens is 252 g/mol. The van der Waals surface area contributed by atoms with E-state index in [0.29, 0.717) is 13.0 Å². The van der Waals surface area contributed by atoms with E-state index in [9.17, 15) is 9.90 Å². The zero-order chi connectivity index (χ0) is 15.2. The normalized spacial score (nSPS) is 14.0. The fourth-order valence-corrected chi connectivity index (χ4v) is 2.28. The Morgan fingerprint density at radius 1 is 1.05 bits per heavy atom. The van der Waals surface area contributed by atoms with E-state index in [-0.39, 0.29) is 11.9 Å². The van der Waals surface area contributed by atoms with Crippen molar-refractivity contribution in [3.63, 3.8) is 0 Å². The van der Waals surface area contributed by atoms with Crippen molar-refractivity contribution < 1.29 is 9.90 Å². The van der Waals surface area contributed by atoms with Gasteiger partial charge < -0.3 is 16.2 Å². The first kappa shape index (κ1) is 19.4. The minimum Gasteiger partial charge on any atom is -0.391 e. The summed E-state index contributed by atoms with van der Waals surface area (Å²) in [5.41, 5.74) is 5.65. The van der Waals surface area contributed by atoms with Crippen molar-refractivity contribution in [2.75, 3.05) is 6.54 Å². The summed E-state index contributed by atoms with van der Waals surface area (Å²) in [4.78, 5) is 11.7. The summed E-state index contributed by atoms with van der Waals surface area (Å²) in [6.07, 6.45) is 9.68. The molecule has 0 aromatic carbocycles. The first-order chi connectivity index (χ1) is 9.65. The Hall–Kier alpha value is -0.610. The summed E-state index contributed by atoms with van der Waals surface area (Å²) in [5.74, 6) is 0.0129. The van der Waals surface area contributed by atoms with Gasteiger partial charge in [-0.15, -0.1) is 0 Å². The number of carbonyl (C=O) groups is 1. The summed E-state index contributed by atoms with van der Waals surface area (Å²) in [7, 11) is 0. The fraction of sp³-hybridized carbons (Fsp3) is 0.938. The SMILES string of the molecule is CCCCCCC[C@H](O)[C@H](CN)NC(=O)CCCCC. The van der Waals surface area contributed by atoms with Gasteiger partial charge in [0.1, 0.15) is 0 Å². The van der Waals surface area contributed by atoms with Crippen molar-refractivity contribution >= 4 is 5.91 Å². The van der Waals surface area contributed by atoms with Crippen LogP contribution in [0.1, 0.15) is 78.1 Å². The number of rotatable bonds is 13. The summed E-state index contributed by atoms with van der Waals surface area (Å²) in [6, 6.07) is -0.296. The van der Waals surface area contributed by atoms with Crippen LogP contribution in [0.3, 0.4) is 0 Å². The van der Waals surface area contributed by atoms with E-state index in [1.54, 1.807) is 0 Å². The molecule has 0 bridgehead atoms. The molecule has 0 heterocycles. The Morgan fingerprint density at radius 3 is 2.25 bits per heavy atom. The second-order valence-corrected chi connectivity index (χ2v) is 5.64. The molecule has 0 unspecified atom stereocenters. The molecule has 1 amide bonds. The van der Waals surface area contributed by atoms with E-state index in [1.807, 2.05) is 0 Å². The maximum atomic E-state index is 11.7. The average Bonchev–Trinajstić information content (AvgIpc) is 2.44. The molecule has 4 nitrogen and oxygen atoms in total. The molecule has 2 atom stereocenters. The minimum atomic E-state index is -0.517. The molecule has 0 saturated carbocycles. The Kier molecular flexibility index (Phi) is 13.0. The first-order valence-corrected chi connectivity index (χ1v) is 8.33. The zero-order valence-corrected chi connectivity index (χ0v) is 13.4. The third-order valence-electron chi connectivity index (χ3n) is 3.68. The Morgan fingerprint density at radius 2 is 1.65 bits per heavy atom. The fourth-order valence-electron chi connectivity index (χ4n) is 2.28. The van der Waals surface area contributed by atoms with Gasteiger partial charge in [-0.05, 0) is 12.8 Å². The second-order valence-electron chi connectivity index (χ2n) is 5.64. The number of amides is 1. The number of hydrogen-bond donors (Lipinski definition) is 3. The summed E-state index contributed by atoms with van der Waals surface area (Å²) >= 11 is 0. The van der Waals surface area contributed by atoms with E-state index >= 15 is 0 Å². The Balaban J connectivity index is 3.83. The third kappa shape index (κ3) is 10.2. The predicted octanol–water partition coefficient (Wildman–Crippen LogP) is 2.73. The van der Waals surface area contributed by atoms with Crippen molar-refractivity contribution in [2.45, 2.75) is 90.2 Å². The van der Waals surface area contributed by atoms with E-state index in [2.05, 4.69) is 19.2 Å². The van der Waals surface area contributed by atoms with Crippen LogP contribution in [0.5, 0.6) is 0 Å². The molecular formula is C16H34N2O2. The molecule has 20 heavy (non-hydrogen) atoms. The number of unbranched alkanes of at least 4 members (excludes halogenated alkanes) is 6. The lowest BCUT2D eigenvalue weighted by Crippen LogP contribution is -2.48. The molecule has 4 heteroatoms. The van der Waals surface area contributed by atoms with Crippen LogP contribution in [-0.4, -0.2) is 29.7 Å². The van der Waals surface area contributed by atoms with Crippen LogP contribution in [0.4, 0.5) is 0 Å². The van der Waals surface area contributed by atoms with Crippen molar-refractivity contribution in [1.82, 2.24) is 5.32 Å². The van der Waals surface area contributed by atoms with Crippen LogP contribution >= 0.6 is 0 Å². The molecule has 0 aliphatic rings. The lowest BCUT2D eigenvalue weighted by atomic mass is 10.0. The number of hydrogen-bond acceptors (Lipinski definition) is 3. The Labute approximate surface area is 124 Å². The number of aliphatic hydroxyl groups is 1. The van der Waals surface area contributed by atoms with Crippen molar-refractivity contribution in [3.8, 4) is 0 Å². The van der Waals surface area contributed by atoms with Crippen molar-refractivity contribution in [1.29, 1.82) is 0 Å². The standard InChI is InChI=1S/C16H34N2O2/c1-3-5-7-8-10-11-15(19)14(13-17)18-16(20)12-9-6-4-2/h14-15,19H,3-13,17H2,1-2H3,(H,18,20)/t14-,15-/m0/s1. The maximum Gasteiger partial charge on any atom is 0.220 e. The summed E-state index contributed by atoms with van der Waals surface area (Å²) < 4.78 is 0. The van der Waals surface area contributed by atoms with Gasteiger partial charge in [-0.1, -0.05) is 58.8 Å². The zero-order valence-electron chi connectivity index (χ0n) is 13.4. The van der Waals surface area contributed by atoms with Gasteiger partial charge in [0.25, 0.3) is 0 Å². The Bertz CT molecular complexity index is 235. The largest absolute Gasteiger partial charge is 0.391 e. The van der Waals surface area contributed by atoms with Crippen LogP contribution < -0.4 is 11.1 Å². The number of nitrogens with two attached hydrogens (primary N) is 1. The van der Waals surface area contributed by atoms with E-state index in [4.69, 9.17) is 5.73 Å². The highest BCUT2D eigenvalue weighted by molar-refractivity contribution is 5.76. The molecule has 0 fully saturated rings. The van der Waals surface area contributed by atoms with Gasteiger partial charge in [-0.3, -0.25) is 4.79 Å². The van der Waals surface area contributed by atoms with Gasteiger partial charge in [-0.2, -0.15) is 0 Å². The van der Waals surface area contributed by atoms with Gasteiger partial charge >= 0.3 is 0 Å². The second kappa shape index (κ2) is 13.4. The van der Waals surface area contributed by atoms with Crippen molar-refractivity contribution in [3.05, 3.63) is 0 Å². The highest BCUT2D eigenvalue weighted by atomic mass is 16.3. The topological polar surface area (TPSA) is 75.3 Å². The molecule has 0 radical (unpaired) electrons. The summed E-state index contributed by atoms with van der Waals surface area (Å²) in [5, 5.41) is 13.0. The minimum absolute atomic E-state index is 0.0129. The highest BCUT2D eigenvalue weighted by Crippen LogP contribution is 2.09. The monoisotopic (exact) mass is 286 g/mol. The van der Waals surface area contributed by atoms with E-state index in [1.165, 1.54) is 19.3 Å².